The topological polar surface area (TPSA) is 86.5 Å². The minimum Gasteiger partial charge on any atom is -0.395 e. The molecule has 32 heavy (non-hydrogen) atoms. The molecule has 1 fully saturated rings. The van der Waals surface area contributed by atoms with E-state index in [1.54, 1.807) is 12.1 Å². The van der Waals surface area contributed by atoms with Crippen LogP contribution in [0, 0.1) is 6.92 Å². The number of carbonyl (C=O) groups excluding carboxylic acids is 1. The number of halogens is 2. The molecule has 1 aromatic heterocycles. The molecule has 1 saturated carbocycles. The van der Waals surface area contributed by atoms with Gasteiger partial charge in [-0.1, -0.05) is 30.3 Å². The zero-order chi connectivity index (χ0) is 22.5. The van der Waals surface area contributed by atoms with Crippen LogP contribution in [0.3, 0.4) is 0 Å². The molecular weight excluding hydrogens is 416 g/mol. The standard InChI is InChI=1S/C24H21F2N3O3/c1-14-5-8-20(28-21(14)16-4-2-3-15(11-16)13-27)29-22(30)23(9-10-23)17-6-7-18-19(12-17)32-24(25,26)31-18/h2-8,11-12H,9-10,13,27H2,1H3,(H,28,29,30). The summed E-state index contributed by atoms with van der Waals surface area (Å²) < 4.78 is 35.7. The van der Waals surface area contributed by atoms with Gasteiger partial charge >= 0.3 is 6.29 Å². The molecule has 8 heteroatoms. The fourth-order valence-corrected chi connectivity index (χ4v) is 3.99. The summed E-state index contributed by atoms with van der Waals surface area (Å²) in [5.74, 6) is 0.0788. The van der Waals surface area contributed by atoms with E-state index in [1.807, 2.05) is 37.3 Å². The first kappa shape index (κ1) is 20.4. The van der Waals surface area contributed by atoms with E-state index in [0.29, 0.717) is 30.8 Å². The first-order chi connectivity index (χ1) is 15.3. The molecular formula is C24H21F2N3O3. The number of hydrogen-bond acceptors (Lipinski definition) is 5. The van der Waals surface area contributed by atoms with Gasteiger partial charge in [0.05, 0.1) is 11.1 Å². The summed E-state index contributed by atoms with van der Waals surface area (Å²) in [6, 6.07) is 15.9. The quantitative estimate of drug-likeness (QED) is 0.614. The van der Waals surface area contributed by atoms with Gasteiger partial charge in [0.15, 0.2) is 11.5 Å². The van der Waals surface area contributed by atoms with Gasteiger partial charge < -0.3 is 20.5 Å². The lowest BCUT2D eigenvalue weighted by Crippen LogP contribution is -2.28. The van der Waals surface area contributed by atoms with Crippen molar-refractivity contribution in [2.45, 2.75) is 38.0 Å². The Kier molecular flexibility index (Phi) is 4.63. The van der Waals surface area contributed by atoms with E-state index in [2.05, 4.69) is 19.8 Å². The van der Waals surface area contributed by atoms with Crippen molar-refractivity contribution in [2.75, 3.05) is 5.32 Å². The fraction of sp³-hybridized carbons (Fsp3) is 0.250. The molecule has 0 spiro atoms. The van der Waals surface area contributed by atoms with Crippen molar-refractivity contribution in [3.8, 4) is 22.8 Å². The van der Waals surface area contributed by atoms with Gasteiger partial charge in [-0.15, -0.1) is 8.78 Å². The molecule has 2 aromatic carbocycles. The molecule has 0 saturated heterocycles. The molecule has 0 atom stereocenters. The number of benzene rings is 2. The van der Waals surface area contributed by atoms with Crippen molar-refractivity contribution >= 4 is 11.7 Å². The van der Waals surface area contributed by atoms with Crippen LogP contribution >= 0.6 is 0 Å². The van der Waals surface area contributed by atoms with E-state index in [0.717, 1.165) is 22.4 Å². The maximum Gasteiger partial charge on any atom is 0.586 e. The Balaban J connectivity index is 1.40. The first-order valence-electron chi connectivity index (χ1n) is 10.3. The maximum absolute atomic E-state index is 13.3. The number of aromatic nitrogens is 1. The number of amides is 1. The van der Waals surface area contributed by atoms with Crippen LogP contribution < -0.4 is 20.5 Å². The molecule has 1 amide bonds. The van der Waals surface area contributed by atoms with Gasteiger partial charge in [-0.05, 0) is 60.7 Å². The van der Waals surface area contributed by atoms with Gasteiger partial charge in [-0.3, -0.25) is 4.79 Å². The number of anilines is 1. The number of nitrogens with zero attached hydrogens (tertiary/aromatic N) is 1. The van der Waals surface area contributed by atoms with Gasteiger partial charge in [0.25, 0.3) is 0 Å². The van der Waals surface area contributed by atoms with E-state index in [1.165, 1.54) is 12.1 Å². The van der Waals surface area contributed by atoms with E-state index < -0.39 is 11.7 Å². The third-order valence-corrected chi connectivity index (χ3v) is 5.91. The van der Waals surface area contributed by atoms with Crippen LogP contribution in [0.1, 0.15) is 29.5 Å². The number of ether oxygens (including phenoxy) is 2. The number of fused-ring (bicyclic) bond motifs is 1. The second-order valence-electron chi connectivity index (χ2n) is 8.13. The third-order valence-electron chi connectivity index (χ3n) is 5.91. The Morgan fingerprint density at radius 2 is 1.88 bits per heavy atom. The Morgan fingerprint density at radius 3 is 2.62 bits per heavy atom. The van der Waals surface area contributed by atoms with Crippen molar-refractivity contribution in [1.29, 1.82) is 0 Å². The smallest absolute Gasteiger partial charge is 0.395 e. The minimum absolute atomic E-state index is 0.0421. The molecule has 0 bridgehead atoms. The van der Waals surface area contributed by atoms with Gasteiger partial charge in [0.2, 0.25) is 5.91 Å². The van der Waals surface area contributed by atoms with Crippen molar-refractivity contribution < 1.29 is 23.0 Å². The minimum atomic E-state index is -3.69. The largest absolute Gasteiger partial charge is 0.586 e. The molecule has 2 heterocycles. The summed E-state index contributed by atoms with van der Waals surface area (Å²) in [5, 5.41) is 2.90. The van der Waals surface area contributed by atoms with Crippen LogP contribution in [-0.4, -0.2) is 17.2 Å². The SMILES string of the molecule is Cc1ccc(NC(=O)C2(c3ccc4c(c3)OC(F)(F)O4)CC2)nc1-c1cccc(CN)c1. The normalized spacial score (nSPS) is 17.1. The Labute approximate surface area is 183 Å². The number of nitrogens with two attached hydrogens (primary N) is 1. The average molecular weight is 437 g/mol. The van der Waals surface area contributed by atoms with E-state index in [9.17, 15) is 13.6 Å². The predicted molar refractivity (Wildman–Crippen MR) is 114 cm³/mol. The monoisotopic (exact) mass is 437 g/mol. The molecule has 2 aliphatic rings. The molecule has 3 aromatic rings. The average Bonchev–Trinajstić information content (AvgIpc) is 3.52. The zero-order valence-corrected chi connectivity index (χ0v) is 17.3. The van der Waals surface area contributed by atoms with Crippen LogP contribution in [0.5, 0.6) is 11.5 Å². The Hall–Kier alpha value is -3.52. The number of nitrogens with one attached hydrogen (secondary N) is 1. The van der Waals surface area contributed by atoms with Crippen molar-refractivity contribution in [3.63, 3.8) is 0 Å². The maximum atomic E-state index is 13.3. The molecule has 3 N–H and O–H groups in total. The third kappa shape index (κ3) is 3.56. The van der Waals surface area contributed by atoms with Gasteiger partial charge in [0, 0.05) is 12.1 Å². The highest BCUT2D eigenvalue weighted by Crippen LogP contribution is 2.52. The lowest BCUT2D eigenvalue weighted by molar-refractivity contribution is -0.286. The van der Waals surface area contributed by atoms with Crippen molar-refractivity contribution in [2.24, 2.45) is 5.73 Å². The van der Waals surface area contributed by atoms with Crippen LogP contribution in [-0.2, 0) is 16.8 Å². The van der Waals surface area contributed by atoms with Crippen LogP contribution in [0.4, 0.5) is 14.6 Å². The zero-order valence-electron chi connectivity index (χ0n) is 17.3. The fourth-order valence-electron chi connectivity index (χ4n) is 3.99. The highest BCUT2D eigenvalue weighted by Gasteiger charge is 2.53. The highest BCUT2D eigenvalue weighted by molar-refractivity contribution is 6.01. The van der Waals surface area contributed by atoms with Gasteiger partial charge in [-0.25, -0.2) is 4.98 Å². The summed E-state index contributed by atoms with van der Waals surface area (Å²) >= 11 is 0. The number of rotatable bonds is 5. The van der Waals surface area contributed by atoms with Gasteiger partial charge in [0.1, 0.15) is 5.82 Å². The lowest BCUT2D eigenvalue weighted by Gasteiger charge is -2.17. The summed E-state index contributed by atoms with van der Waals surface area (Å²) in [5.41, 5.74) is 9.19. The van der Waals surface area contributed by atoms with Crippen LogP contribution in [0.2, 0.25) is 0 Å². The molecule has 1 aliphatic carbocycles. The Bertz CT molecular complexity index is 1220. The van der Waals surface area contributed by atoms with Gasteiger partial charge in [-0.2, -0.15) is 0 Å². The second kappa shape index (κ2) is 7.27. The second-order valence-corrected chi connectivity index (χ2v) is 8.13. The Morgan fingerprint density at radius 1 is 1.09 bits per heavy atom. The number of pyridine rings is 1. The summed E-state index contributed by atoms with van der Waals surface area (Å²) in [6.45, 7) is 2.38. The molecule has 1 aliphatic heterocycles. The molecule has 0 radical (unpaired) electrons. The summed E-state index contributed by atoms with van der Waals surface area (Å²) in [7, 11) is 0. The van der Waals surface area contributed by atoms with Crippen LogP contribution in [0.15, 0.2) is 54.6 Å². The first-order valence-corrected chi connectivity index (χ1v) is 10.3. The summed E-state index contributed by atoms with van der Waals surface area (Å²) in [6.07, 6.45) is -2.48. The molecule has 164 valence electrons. The van der Waals surface area contributed by atoms with E-state index in [-0.39, 0.29) is 17.4 Å². The molecule has 6 nitrogen and oxygen atoms in total. The molecule has 5 rings (SSSR count). The van der Waals surface area contributed by atoms with E-state index >= 15 is 0 Å². The highest BCUT2D eigenvalue weighted by atomic mass is 19.3. The predicted octanol–water partition coefficient (Wildman–Crippen LogP) is 4.51. The summed E-state index contributed by atoms with van der Waals surface area (Å²) in [4.78, 5) is 17.8. The van der Waals surface area contributed by atoms with E-state index in [4.69, 9.17) is 5.73 Å². The number of carbonyl (C=O) groups is 1. The van der Waals surface area contributed by atoms with Crippen molar-refractivity contribution in [1.82, 2.24) is 4.98 Å². The lowest BCUT2D eigenvalue weighted by atomic mass is 9.94. The van der Waals surface area contributed by atoms with Crippen molar-refractivity contribution in [3.05, 3.63) is 71.3 Å². The number of aryl methyl sites for hydroxylation is 1. The van der Waals surface area contributed by atoms with Crippen LogP contribution in [0.25, 0.3) is 11.3 Å². The number of alkyl halides is 2. The molecule has 0 unspecified atom stereocenters. The number of hydrogen-bond donors (Lipinski definition) is 2.